The molecule has 0 N–H and O–H groups in total. The van der Waals surface area contributed by atoms with Crippen LogP contribution in [-0.2, 0) is 19.1 Å². The van der Waals surface area contributed by atoms with Gasteiger partial charge in [0.15, 0.2) is 0 Å². The first-order valence-electron chi connectivity index (χ1n) is 7.97. The number of ether oxygens (including phenoxy) is 2. The van der Waals surface area contributed by atoms with Crippen LogP contribution in [0.2, 0.25) is 0 Å². The normalized spacial score (nSPS) is 20.1. The molecule has 0 saturated carbocycles. The van der Waals surface area contributed by atoms with Crippen LogP contribution in [0.25, 0.3) is 5.57 Å². The van der Waals surface area contributed by atoms with Crippen molar-refractivity contribution in [1.29, 1.82) is 0 Å². The summed E-state index contributed by atoms with van der Waals surface area (Å²) in [7, 11) is 4.63. The molecule has 0 radical (unpaired) electrons. The van der Waals surface area contributed by atoms with Crippen LogP contribution in [0.4, 0.5) is 0 Å². The summed E-state index contributed by atoms with van der Waals surface area (Å²) in [5.74, 6) is -1.51. The van der Waals surface area contributed by atoms with Crippen LogP contribution in [0.15, 0.2) is 47.2 Å². The summed E-state index contributed by atoms with van der Waals surface area (Å²) in [6, 6.07) is 10.0. The molecule has 1 aromatic rings. The number of esters is 2. The van der Waals surface area contributed by atoms with Gasteiger partial charge in [-0.15, -0.1) is 0 Å². The minimum Gasteiger partial charge on any atom is -0.469 e. The van der Waals surface area contributed by atoms with Crippen LogP contribution in [0.5, 0.6) is 0 Å². The Balaban J connectivity index is 2.22. The van der Waals surface area contributed by atoms with Crippen molar-refractivity contribution in [3.63, 3.8) is 0 Å². The Kier molecular flexibility index (Phi) is 4.42. The Hall–Kier alpha value is -2.56. The zero-order valence-corrected chi connectivity index (χ0v) is 14.2. The molecule has 1 unspecified atom stereocenters. The van der Waals surface area contributed by atoms with E-state index in [1.165, 1.54) is 14.2 Å². The SMILES string of the molecule is COC(=O)C1=C2C(=C(c3ccccc3)CC1C(=O)OC)CCN2C. The topological polar surface area (TPSA) is 55.8 Å². The van der Waals surface area contributed by atoms with Crippen LogP contribution in [0, 0.1) is 5.92 Å². The summed E-state index contributed by atoms with van der Waals surface area (Å²) in [6.07, 6.45) is 1.30. The van der Waals surface area contributed by atoms with Gasteiger partial charge in [-0.3, -0.25) is 4.79 Å². The molecule has 1 fully saturated rings. The zero-order chi connectivity index (χ0) is 17.3. The van der Waals surface area contributed by atoms with Gasteiger partial charge in [-0.2, -0.15) is 0 Å². The Morgan fingerprint density at radius 1 is 1.08 bits per heavy atom. The third kappa shape index (κ3) is 2.60. The number of nitrogens with zero attached hydrogens (tertiary/aromatic N) is 1. The number of hydrogen-bond acceptors (Lipinski definition) is 5. The van der Waals surface area contributed by atoms with Crippen LogP contribution < -0.4 is 0 Å². The number of likely N-dealkylation sites (tertiary alicyclic amines) is 1. The summed E-state index contributed by atoms with van der Waals surface area (Å²) in [4.78, 5) is 26.8. The summed E-state index contributed by atoms with van der Waals surface area (Å²) in [5, 5.41) is 0. The number of fused-ring (bicyclic) bond motifs is 1. The number of carbonyl (C=O) groups excluding carboxylic acids is 2. The fourth-order valence-corrected chi connectivity index (χ4v) is 3.62. The molecule has 1 aliphatic carbocycles. The van der Waals surface area contributed by atoms with E-state index in [-0.39, 0.29) is 0 Å². The van der Waals surface area contributed by atoms with Crippen molar-refractivity contribution >= 4 is 17.5 Å². The zero-order valence-electron chi connectivity index (χ0n) is 14.2. The summed E-state index contributed by atoms with van der Waals surface area (Å²) in [5.41, 5.74) is 4.56. The molecule has 3 rings (SSSR count). The summed E-state index contributed by atoms with van der Waals surface area (Å²) < 4.78 is 9.92. The molecule has 1 atom stereocenters. The molecule has 126 valence electrons. The number of methoxy groups -OCH3 is 2. The van der Waals surface area contributed by atoms with Gasteiger partial charge in [0, 0.05) is 13.6 Å². The van der Waals surface area contributed by atoms with E-state index in [1.807, 2.05) is 42.3 Å². The molecular weight excluding hydrogens is 306 g/mol. The highest BCUT2D eigenvalue weighted by Gasteiger charge is 2.41. The van der Waals surface area contributed by atoms with E-state index in [9.17, 15) is 9.59 Å². The third-order valence-corrected chi connectivity index (χ3v) is 4.75. The lowest BCUT2D eigenvalue weighted by molar-refractivity contribution is -0.147. The Labute approximate surface area is 141 Å². The minimum absolute atomic E-state index is 0.407. The number of carbonyl (C=O) groups is 2. The predicted octanol–water partition coefficient (Wildman–Crippen LogP) is 2.40. The summed E-state index contributed by atoms with van der Waals surface area (Å²) >= 11 is 0. The number of benzene rings is 1. The van der Waals surface area contributed by atoms with Gasteiger partial charge >= 0.3 is 11.9 Å². The smallest absolute Gasteiger partial charge is 0.336 e. The quantitative estimate of drug-likeness (QED) is 0.798. The van der Waals surface area contributed by atoms with E-state index in [2.05, 4.69) is 0 Å². The fourth-order valence-electron chi connectivity index (χ4n) is 3.62. The molecule has 1 aliphatic heterocycles. The first kappa shape index (κ1) is 16.3. The van der Waals surface area contributed by atoms with E-state index in [4.69, 9.17) is 9.47 Å². The predicted molar refractivity (Wildman–Crippen MR) is 89.8 cm³/mol. The fraction of sp³-hybridized carbons (Fsp3) is 0.368. The lowest BCUT2D eigenvalue weighted by atomic mass is 9.79. The molecule has 5 nitrogen and oxygen atoms in total. The number of allylic oxidation sites excluding steroid dienone is 2. The minimum atomic E-state index is -0.642. The molecule has 24 heavy (non-hydrogen) atoms. The average Bonchev–Trinajstić information content (AvgIpc) is 3.01. The van der Waals surface area contributed by atoms with Crippen molar-refractivity contribution in [1.82, 2.24) is 4.90 Å². The van der Waals surface area contributed by atoms with E-state index < -0.39 is 17.9 Å². The first-order chi connectivity index (χ1) is 11.6. The maximum absolute atomic E-state index is 12.4. The first-order valence-corrected chi connectivity index (χ1v) is 7.97. The average molecular weight is 327 g/mol. The second kappa shape index (κ2) is 6.51. The van der Waals surface area contributed by atoms with Gasteiger partial charge in [-0.05, 0) is 29.6 Å². The van der Waals surface area contributed by atoms with Crippen molar-refractivity contribution < 1.29 is 19.1 Å². The monoisotopic (exact) mass is 327 g/mol. The maximum atomic E-state index is 12.4. The Morgan fingerprint density at radius 2 is 1.79 bits per heavy atom. The van der Waals surface area contributed by atoms with Gasteiger partial charge < -0.3 is 14.4 Å². The van der Waals surface area contributed by atoms with Gasteiger partial charge in [-0.25, -0.2) is 4.79 Å². The third-order valence-electron chi connectivity index (χ3n) is 4.75. The molecule has 0 aromatic heterocycles. The van der Waals surface area contributed by atoms with Gasteiger partial charge in [0.25, 0.3) is 0 Å². The van der Waals surface area contributed by atoms with Crippen molar-refractivity contribution in [3.05, 3.63) is 52.7 Å². The molecule has 0 bridgehead atoms. The van der Waals surface area contributed by atoms with Crippen molar-refractivity contribution in [2.45, 2.75) is 12.8 Å². The largest absolute Gasteiger partial charge is 0.469 e. The maximum Gasteiger partial charge on any atom is 0.336 e. The van der Waals surface area contributed by atoms with Crippen LogP contribution in [0.3, 0.4) is 0 Å². The van der Waals surface area contributed by atoms with Gasteiger partial charge in [-0.1, -0.05) is 30.3 Å². The Morgan fingerprint density at radius 3 is 2.42 bits per heavy atom. The molecule has 2 aliphatic rings. The standard InChI is InChI=1S/C19H21NO4/c1-20-10-9-13-14(12-7-5-4-6-8-12)11-15(18(21)23-2)16(17(13)20)19(22)24-3/h4-8,15H,9-11H2,1-3H3. The lowest BCUT2D eigenvalue weighted by Crippen LogP contribution is -2.31. The lowest BCUT2D eigenvalue weighted by Gasteiger charge is -2.29. The molecule has 5 heteroatoms. The summed E-state index contributed by atoms with van der Waals surface area (Å²) in [6.45, 7) is 0.815. The second-order valence-electron chi connectivity index (χ2n) is 6.03. The van der Waals surface area contributed by atoms with Crippen molar-refractivity contribution in [2.75, 3.05) is 27.8 Å². The van der Waals surface area contributed by atoms with Gasteiger partial charge in [0.2, 0.25) is 0 Å². The molecule has 1 heterocycles. The van der Waals surface area contributed by atoms with Crippen LogP contribution in [0.1, 0.15) is 18.4 Å². The Bertz CT molecular complexity index is 733. The number of hydrogen-bond donors (Lipinski definition) is 0. The molecule has 0 amide bonds. The van der Waals surface area contributed by atoms with E-state index in [1.54, 1.807) is 0 Å². The number of rotatable bonds is 3. The number of likely N-dealkylation sites (N-methyl/N-ethyl adjacent to an activating group) is 1. The van der Waals surface area contributed by atoms with Crippen molar-refractivity contribution in [2.24, 2.45) is 5.92 Å². The van der Waals surface area contributed by atoms with E-state index in [0.29, 0.717) is 12.0 Å². The molecular formula is C19H21NO4. The van der Waals surface area contributed by atoms with E-state index >= 15 is 0 Å². The molecule has 1 saturated heterocycles. The van der Waals surface area contributed by atoms with Gasteiger partial charge in [0.1, 0.15) is 0 Å². The molecule has 1 aromatic carbocycles. The highest BCUT2D eigenvalue weighted by Crippen LogP contribution is 2.45. The highest BCUT2D eigenvalue weighted by atomic mass is 16.5. The highest BCUT2D eigenvalue weighted by molar-refractivity contribution is 6.00. The van der Waals surface area contributed by atoms with Crippen LogP contribution in [-0.4, -0.2) is 44.7 Å². The second-order valence-corrected chi connectivity index (χ2v) is 6.03. The van der Waals surface area contributed by atoms with Crippen LogP contribution >= 0.6 is 0 Å². The van der Waals surface area contributed by atoms with Gasteiger partial charge in [0.05, 0.1) is 31.4 Å². The van der Waals surface area contributed by atoms with Crippen molar-refractivity contribution in [3.8, 4) is 0 Å². The molecule has 0 spiro atoms. The van der Waals surface area contributed by atoms with E-state index in [0.717, 1.165) is 35.4 Å².